The van der Waals surface area contributed by atoms with Crippen LogP contribution in [0.25, 0.3) is 10.9 Å². The molecule has 1 aromatic heterocycles. The van der Waals surface area contributed by atoms with Crippen LogP contribution in [0.4, 0.5) is 20.6 Å². The van der Waals surface area contributed by atoms with E-state index < -0.39 is 34.7 Å². The number of amides is 4. The highest BCUT2D eigenvalue weighted by Crippen LogP contribution is 2.47. The fourth-order valence-electron chi connectivity index (χ4n) is 5.95. The summed E-state index contributed by atoms with van der Waals surface area (Å²) in [5.74, 6) is -0.437. The highest BCUT2D eigenvalue weighted by Gasteiger charge is 2.56. The standard InChI is InChI=1S/C38H40FN5O7/c1-37(2,3)51-36(48)44-19-5-6-26(44)22-41-33(45)29-20-28-30(21-32(29)49-4)40-18-15-31(28)50-27-13-11-25(12-14-27)43-35(47)38(16-17-38)34(46)42-24-9-7-23(39)8-10-24/h7-15,18,20-21,26H,5-6,16-17,19,22H2,1-4H3,(H,41,45)(H,42,46)(H,43,47)/t26-/m0/s1. The molecule has 0 spiro atoms. The highest BCUT2D eigenvalue weighted by molar-refractivity contribution is 6.17. The number of ether oxygens (including phenoxy) is 3. The maximum absolute atomic E-state index is 13.5. The van der Waals surface area contributed by atoms with Gasteiger partial charge in [0.15, 0.2) is 0 Å². The van der Waals surface area contributed by atoms with Crippen molar-refractivity contribution in [1.29, 1.82) is 0 Å². The van der Waals surface area contributed by atoms with E-state index in [-0.39, 0.29) is 24.1 Å². The molecule has 2 heterocycles. The lowest BCUT2D eigenvalue weighted by Crippen LogP contribution is -2.45. The zero-order valence-corrected chi connectivity index (χ0v) is 28.9. The Balaban J connectivity index is 1.12. The first-order valence-corrected chi connectivity index (χ1v) is 16.8. The van der Waals surface area contributed by atoms with Gasteiger partial charge < -0.3 is 35.1 Å². The molecule has 6 rings (SSSR count). The van der Waals surface area contributed by atoms with Gasteiger partial charge in [0.05, 0.1) is 24.2 Å². The molecule has 12 nitrogen and oxygen atoms in total. The average Bonchev–Trinajstić information content (AvgIpc) is 3.79. The third kappa shape index (κ3) is 8.03. The lowest BCUT2D eigenvalue weighted by Gasteiger charge is -2.28. The maximum atomic E-state index is 13.5. The van der Waals surface area contributed by atoms with Crippen LogP contribution in [0.5, 0.6) is 17.2 Å². The summed E-state index contributed by atoms with van der Waals surface area (Å²) in [6, 6.07) is 16.8. The summed E-state index contributed by atoms with van der Waals surface area (Å²) >= 11 is 0. The first-order chi connectivity index (χ1) is 24.3. The molecule has 1 aliphatic heterocycles. The summed E-state index contributed by atoms with van der Waals surface area (Å²) in [6.07, 6.45) is 3.55. The largest absolute Gasteiger partial charge is 0.496 e. The van der Waals surface area contributed by atoms with E-state index in [1.165, 1.54) is 31.4 Å². The van der Waals surface area contributed by atoms with E-state index in [2.05, 4.69) is 20.9 Å². The van der Waals surface area contributed by atoms with Crippen LogP contribution in [0.1, 0.15) is 56.8 Å². The molecule has 3 N–H and O–H groups in total. The molecule has 1 saturated heterocycles. The Labute approximate surface area is 294 Å². The molecule has 1 atom stereocenters. The van der Waals surface area contributed by atoms with Gasteiger partial charge in [-0.25, -0.2) is 9.18 Å². The van der Waals surface area contributed by atoms with E-state index in [0.29, 0.717) is 58.9 Å². The van der Waals surface area contributed by atoms with E-state index in [1.807, 2.05) is 20.8 Å². The second-order valence-corrected chi connectivity index (χ2v) is 13.7. The number of methoxy groups -OCH3 is 1. The number of likely N-dealkylation sites (tertiary alicyclic amines) is 1. The van der Waals surface area contributed by atoms with Gasteiger partial charge in [-0.15, -0.1) is 0 Å². The smallest absolute Gasteiger partial charge is 0.410 e. The van der Waals surface area contributed by atoms with Crippen LogP contribution in [0.15, 0.2) is 72.9 Å². The molecule has 1 saturated carbocycles. The molecule has 0 radical (unpaired) electrons. The fraction of sp³-hybridized carbons (Fsp3) is 0.342. The fourth-order valence-corrected chi connectivity index (χ4v) is 5.95. The summed E-state index contributed by atoms with van der Waals surface area (Å²) in [5, 5.41) is 9.03. The molecular formula is C38H40FN5O7. The predicted molar refractivity (Wildman–Crippen MR) is 188 cm³/mol. The molecule has 0 unspecified atom stereocenters. The number of nitrogens with one attached hydrogen (secondary N) is 3. The Morgan fingerprint density at radius 3 is 2.18 bits per heavy atom. The molecule has 0 bridgehead atoms. The number of halogens is 1. The second-order valence-electron chi connectivity index (χ2n) is 13.7. The quantitative estimate of drug-likeness (QED) is 0.156. The zero-order valence-electron chi connectivity index (χ0n) is 28.9. The van der Waals surface area contributed by atoms with E-state index in [0.717, 1.165) is 12.8 Å². The second kappa shape index (κ2) is 14.3. The van der Waals surface area contributed by atoms with Crippen LogP contribution in [0, 0.1) is 11.2 Å². The van der Waals surface area contributed by atoms with Gasteiger partial charge in [0.2, 0.25) is 11.8 Å². The third-order valence-electron chi connectivity index (χ3n) is 8.83. The number of nitrogens with zero attached hydrogens (tertiary/aromatic N) is 2. The molecule has 4 aromatic rings. The van der Waals surface area contributed by atoms with Crippen molar-refractivity contribution in [3.8, 4) is 17.2 Å². The van der Waals surface area contributed by atoms with Crippen LogP contribution < -0.4 is 25.4 Å². The number of pyridine rings is 1. The van der Waals surface area contributed by atoms with Crippen molar-refractivity contribution < 1.29 is 37.8 Å². The summed E-state index contributed by atoms with van der Waals surface area (Å²) in [4.78, 5) is 58.3. The van der Waals surface area contributed by atoms with Gasteiger partial charge in [0.1, 0.15) is 34.1 Å². The number of benzene rings is 3. The van der Waals surface area contributed by atoms with Crippen molar-refractivity contribution in [1.82, 2.24) is 15.2 Å². The molecule has 2 fully saturated rings. The SMILES string of the molecule is COc1cc2nccc(Oc3ccc(NC(=O)C4(C(=O)Nc5ccc(F)cc5)CC4)cc3)c2cc1C(=O)NC[C@@H]1CCCN1C(=O)OC(C)(C)C. The molecule has 4 amide bonds. The van der Waals surface area contributed by atoms with Gasteiger partial charge >= 0.3 is 6.09 Å². The number of hydrogen-bond donors (Lipinski definition) is 3. The van der Waals surface area contributed by atoms with Crippen molar-refractivity contribution in [2.24, 2.45) is 5.41 Å². The third-order valence-corrected chi connectivity index (χ3v) is 8.83. The number of rotatable bonds is 10. The van der Waals surface area contributed by atoms with Gasteiger partial charge in [-0.3, -0.25) is 19.4 Å². The zero-order chi connectivity index (χ0) is 36.3. The number of anilines is 2. The summed E-state index contributed by atoms with van der Waals surface area (Å²) in [7, 11) is 1.48. The monoisotopic (exact) mass is 697 g/mol. The number of carbonyl (C=O) groups excluding carboxylic acids is 4. The van der Waals surface area contributed by atoms with Gasteiger partial charge in [0, 0.05) is 42.1 Å². The lowest BCUT2D eigenvalue weighted by atomic mass is 10.0. The van der Waals surface area contributed by atoms with Crippen LogP contribution >= 0.6 is 0 Å². The van der Waals surface area contributed by atoms with Crippen LogP contribution in [0.3, 0.4) is 0 Å². The molecule has 51 heavy (non-hydrogen) atoms. The van der Waals surface area contributed by atoms with E-state index in [4.69, 9.17) is 14.2 Å². The maximum Gasteiger partial charge on any atom is 0.410 e. The molecule has 13 heteroatoms. The normalized spacial score (nSPS) is 16.3. The Morgan fingerprint density at radius 1 is 0.922 bits per heavy atom. The molecular weight excluding hydrogens is 657 g/mol. The Hall–Kier alpha value is -5.72. The lowest BCUT2D eigenvalue weighted by molar-refractivity contribution is -0.131. The first kappa shape index (κ1) is 35.1. The predicted octanol–water partition coefficient (Wildman–Crippen LogP) is 6.66. The summed E-state index contributed by atoms with van der Waals surface area (Å²) in [5.41, 5.74) is -0.105. The Morgan fingerprint density at radius 2 is 1.57 bits per heavy atom. The number of fused-ring (bicyclic) bond motifs is 1. The van der Waals surface area contributed by atoms with Gasteiger partial charge in [-0.1, -0.05) is 0 Å². The van der Waals surface area contributed by atoms with Crippen LogP contribution in [-0.4, -0.2) is 65.5 Å². The highest BCUT2D eigenvalue weighted by atomic mass is 19.1. The van der Waals surface area contributed by atoms with Gasteiger partial charge in [-0.2, -0.15) is 0 Å². The minimum Gasteiger partial charge on any atom is -0.496 e. The number of aromatic nitrogens is 1. The van der Waals surface area contributed by atoms with Crippen LogP contribution in [-0.2, 0) is 14.3 Å². The summed E-state index contributed by atoms with van der Waals surface area (Å²) in [6.45, 7) is 6.26. The number of hydrogen-bond acceptors (Lipinski definition) is 8. The van der Waals surface area contributed by atoms with Crippen molar-refractivity contribution in [2.45, 2.75) is 58.1 Å². The minimum absolute atomic E-state index is 0.197. The Bertz CT molecular complexity index is 1960. The minimum atomic E-state index is -1.20. The molecule has 2 aliphatic rings. The number of carbonyl (C=O) groups is 4. The van der Waals surface area contributed by atoms with E-state index >= 15 is 0 Å². The van der Waals surface area contributed by atoms with Crippen molar-refractivity contribution >= 4 is 46.1 Å². The van der Waals surface area contributed by atoms with Gasteiger partial charge in [0.25, 0.3) is 5.91 Å². The van der Waals surface area contributed by atoms with Gasteiger partial charge in [-0.05, 0) is 107 Å². The summed E-state index contributed by atoms with van der Waals surface area (Å²) < 4.78 is 30.5. The topological polar surface area (TPSA) is 148 Å². The van der Waals surface area contributed by atoms with Crippen molar-refractivity contribution in [3.05, 3.63) is 84.3 Å². The average molecular weight is 698 g/mol. The Kier molecular flexibility index (Phi) is 9.82. The van der Waals surface area contributed by atoms with Crippen molar-refractivity contribution in [2.75, 3.05) is 30.8 Å². The van der Waals surface area contributed by atoms with Crippen molar-refractivity contribution in [3.63, 3.8) is 0 Å². The van der Waals surface area contributed by atoms with Crippen LogP contribution in [0.2, 0.25) is 0 Å². The van der Waals surface area contributed by atoms with E-state index in [9.17, 15) is 23.6 Å². The molecule has 266 valence electrons. The molecule has 3 aromatic carbocycles. The van der Waals surface area contributed by atoms with E-state index in [1.54, 1.807) is 53.6 Å². The molecule has 1 aliphatic carbocycles. The first-order valence-electron chi connectivity index (χ1n) is 16.8.